The number of carbonyl (C=O) groups is 3. The number of nitrogens with one attached hydrogen (secondary N) is 2. The standard InChI is InChI=1S/C18H19N3O5S2/c22-15-8-9-16(23)21(15)11-2-10-19-18(24)13-4-6-14(7-5-13)20-28(25,26)17-3-1-12-27-17/h1,3-7,12,20H,2,8-11H2,(H,19,24). The van der Waals surface area contributed by atoms with Crippen LogP contribution in [0.2, 0.25) is 0 Å². The maximum Gasteiger partial charge on any atom is 0.271 e. The van der Waals surface area contributed by atoms with E-state index in [1.807, 2.05) is 0 Å². The average molecular weight is 422 g/mol. The summed E-state index contributed by atoms with van der Waals surface area (Å²) >= 11 is 1.12. The number of benzene rings is 1. The second-order valence-corrected chi connectivity index (χ2v) is 9.02. The molecule has 1 aromatic carbocycles. The van der Waals surface area contributed by atoms with Gasteiger partial charge in [-0.25, -0.2) is 8.42 Å². The van der Waals surface area contributed by atoms with Gasteiger partial charge in [0.1, 0.15) is 4.21 Å². The highest BCUT2D eigenvalue weighted by atomic mass is 32.2. The highest BCUT2D eigenvalue weighted by Gasteiger charge is 2.27. The molecule has 1 saturated heterocycles. The number of hydrogen-bond acceptors (Lipinski definition) is 6. The van der Waals surface area contributed by atoms with Gasteiger partial charge >= 0.3 is 0 Å². The predicted octanol–water partition coefficient (Wildman–Crippen LogP) is 1.82. The van der Waals surface area contributed by atoms with Crippen LogP contribution in [0.25, 0.3) is 0 Å². The van der Waals surface area contributed by atoms with E-state index in [0.717, 1.165) is 11.3 Å². The summed E-state index contributed by atoms with van der Waals surface area (Å²) in [6.45, 7) is 0.615. The Morgan fingerprint density at radius 1 is 1.07 bits per heavy atom. The van der Waals surface area contributed by atoms with Gasteiger partial charge in [-0.2, -0.15) is 0 Å². The first kappa shape index (κ1) is 20.0. The van der Waals surface area contributed by atoms with E-state index in [1.165, 1.54) is 35.2 Å². The molecule has 0 radical (unpaired) electrons. The van der Waals surface area contributed by atoms with Crippen LogP contribution >= 0.6 is 11.3 Å². The second kappa shape index (κ2) is 8.53. The summed E-state index contributed by atoms with van der Waals surface area (Å²) in [6, 6.07) is 9.24. The summed E-state index contributed by atoms with van der Waals surface area (Å²) in [5, 5.41) is 4.40. The lowest BCUT2D eigenvalue weighted by molar-refractivity contribution is -0.138. The van der Waals surface area contributed by atoms with Crippen LogP contribution in [0, 0.1) is 0 Å². The van der Waals surface area contributed by atoms with Crippen LogP contribution in [0.1, 0.15) is 29.6 Å². The van der Waals surface area contributed by atoms with Crippen molar-refractivity contribution in [2.75, 3.05) is 17.8 Å². The van der Waals surface area contributed by atoms with Crippen molar-refractivity contribution in [3.8, 4) is 0 Å². The Bertz CT molecular complexity index is 953. The molecule has 1 aromatic heterocycles. The number of thiophene rings is 1. The molecule has 0 spiro atoms. The quantitative estimate of drug-likeness (QED) is 0.499. The molecule has 0 bridgehead atoms. The van der Waals surface area contributed by atoms with E-state index < -0.39 is 10.0 Å². The molecule has 1 fully saturated rings. The number of sulfonamides is 1. The van der Waals surface area contributed by atoms with Crippen LogP contribution in [-0.2, 0) is 19.6 Å². The number of likely N-dealkylation sites (tertiary alicyclic amines) is 1. The number of amides is 3. The molecule has 0 aliphatic carbocycles. The van der Waals surface area contributed by atoms with Gasteiger partial charge in [0.15, 0.2) is 0 Å². The smallest absolute Gasteiger partial charge is 0.271 e. The summed E-state index contributed by atoms with van der Waals surface area (Å²) in [4.78, 5) is 36.4. The molecule has 2 N–H and O–H groups in total. The SMILES string of the molecule is O=C(NCCCN1C(=O)CCC1=O)c1ccc(NS(=O)(=O)c2cccs2)cc1. The maximum absolute atomic E-state index is 12.2. The van der Waals surface area contributed by atoms with E-state index in [0.29, 0.717) is 30.8 Å². The van der Waals surface area contributed by atoms with Crippen LogP contribution in [0.5, 0.6) is 0 Å². The minimum atomic E-state index is -3.63. The van der Waals surface area contributed by atoms with Crippen LogP contribution in [-0.4, -0.2) is 44.1 Å². The van der Waals surface area contributed by atoms with Crippen molar-refractivity contribution in [1.29, 1.82) is 0 Å². The summed E-state index contributed by atoms with van der Waals surface area (Å²) in [5.41, 5.74) is 0.739. The number of hydrogen-bond donors (Lipinski definition) is 2. The van der Waals surface area contributed by atoms with Gasteiger partial charge in [0.2, 0.25) is 11.8 Å². The van der Waals surface area contributed by atoms with E-state index >= 15 is 0 Å². The van der Waals surface area contributed by atoms with Crippen molar-refractivity contribution in [2.45, 2.75) is 23.5 Å². The number of anilines is 1. The highest BCUT2D eigenvalue weighted by Crippen LogP contribution is 2.20. The molecule has 3 amide bonds. The summed E-state index contributed by atoms with van der Waals surface area (Å²) in [5.74, 6) is -0.652. The largest absolute Gasteiger partial charge is 0.352 e. The Morgan fingerprint density at radius 3 is 2.36 bits per heavy atom. The molecule has 3 rings (SSSR count). The number of imide groups is 1. The molecule has 10 heteroatoms. The van der Waals surface area contributed by atoms with Gasteiger partial charge in [-0.05, 0) is 42.1 Å². The average Bonchev–Trinajstić information content (AvgIpc) is 3.31. The van der Waals surface area contributed by atoms with Crippen molar-refractivity contribution in [1.82, 2.24) is 10.2 Å². The third-order valence-electron chi connectivity index (χ3n) is 4.16. The lowest BCUT2D eigenvalue weighted by Crippen LogP contribution is -2.33. The van der Waals surface area contributed by atoms with E-state index in [9.17, 15) is 22.8 Å². The molecule has 1 aliphatic rings. The fourth-order valence-corrected chi connectivity index (χ4v) is 4.78. The van der Waals surface area contributed by atoms with Gasteiger partial charge in [-0.15, -0.1) is 11.3 Å². The fourth-order valence-electron chi connectivity index (χ4n) is 2.72. The first-order chi connectivity index (χ1) is 13.4. The van der Waals surface area contributed by atoms with Crippen LogP contribution in [0.15, 0.2) is 46.0 Å². The van der Waals surface area contributed by atoms with E-state index in [2.05, 4.69) is 10.0 Å². The third-order valence-corrected chi connectivity index (χ3v) is 6.94. The second-order valence-electron chi connectivity index (χ2n) is 6.16. The summed E-state index contributed by atoms with van der Waals surface area (Å²) in [6.07, 6.45) is 0.990. The van der Waals surface area contributed by atoms with Crippen LogP contribution < -0.4 is 10.0 Å². The minimum Gasteiger partial charge on any atom is -0.352 e. The van der Waals surface area contributed by atoms with Gasteiger partial charge in [-0.1, -0.05) is 6.07 Å². The van der Waals surface area contributed by atoms with Gasteiger partial charge < -0.3 is 5.32 Å². The van der Waals surface area contributed by atoms with E-state index in [1.54, 1.807) is 11.4 Å². The van der Waals surface area contributed by atoms with Gasteiger partial charge in [0, 0.05) is 37.2 Å². The summed E-state index contributed by atoms with van der Waals surface area (Å²) in [7, 11) is -3.63. The predicted molar refractivity (Wildman–Crippen MR) is 104 cm³/mol. The monoisotopic (exact) mass is 421 g/mol. The zero-order valence-corrected chi connectivity index (χ0v) is 16.5. The lowest BCUT2D eigenvalue weighted by Gasteiger charge is -2.13. The normalized spacial score (nSPS) is 14.4. The van der Waals surface area contributed by atoms with E-state index in [4.69, 9.17) is 0 Å². The Hall–Kier alpha value is -2.72. The first-order valence-corrected chi connectivity index (χ1v) is 11.0. The van der Waals surface area contributed by atoms with Gasteiger partial charge in [0.25, 0.3) is 15.9 Å². The Labute approximate surface area is 166 Å². The van der Waals surface area contributed by atoms with Crippen LogP contribution in [0.4, 0.5) is 5.69 Å². The third kappa shape index (κ3) is 4.76. The molecular weight excluding hydrogens is 402 g/mol. The number of nitrogens with zero attached hydrogens (tertiary/aromatic N) is 1. The molecule has 0 unspecified atom stereocenters. The zero-order valence-electron chi connectivity index (χ0n) is 14.9. The topological polar surface area (TPSA) is 113 Å². The van der Waals surface area contributed by atoms with Crippen molar-refractivity contribution in [2.24, 2.45) is 0 Å². The highest BCUT2D eigenvalue weighted by molar-refractivity contribution is 7.94. The summed E-state index contributed by atoms with van der Waals surface area (Å²) < 4.78 is 27.0. The van der Waals surface area contributed by atoms with Crippen molar-refractivity contribution in [3.05, 3.63) is 47.3 Å². The molecule has 8 nitrogen and oxygen atoms in total. The number of carbonyl (C=O) groups excluding carboxylic acids is 3. The van der Waals surface area contributed by atoms with Gasteiger partial charge in [-0.3, -0.25) is 24.0 Å². The Morgan fingerprint density at radius 2 is 1.75 bits per heavy atom. The molecule has 0 saturated carbocycles. The Balaban J connectivity index is 1.48. The molecular formula is C18H19N3O5S2. The number of rotatable bonds is 8. The van der Waals surface area contributed by atoms with Crippen molar-refractivity contribution >= 4 is 44.8 Å². The molecule has 148 valence electrons. The fraction of sp³-hybridized carbons (Fsp3) is 0.278. The van der Waals surface area contributed by atoms with Crippen molar-refractivity contribution in [3.63, 3.8) is 0 Å². The maximum atomic E-state index is 12.2. The van der Waals surface area contributed by atoms with Gasteiger partial charge in [0.05, 0.1) is 0 Å². The van der Waals surface area contributed by atoms with Crippen LogP contribution in [0.3, 0.4) is 0 Å². The zero-order chi connectivity index (χ0) is 20.1. The van der Waals surface area contributed by atoms with Crippen molar-refractivity contribution < 1.29 is 22.8 Å². The lowest BCUT2D eigenvalue weighted by atomic mass is 10.2. The van der Waals surface area contributed by atoms with E-state index in [-0.39, 0.29) is 34.8 Å². The molecule has 28 heavy (non-hydrogen) atoms. The Kier molecular flexibility index (Phi) is 6.10. The first-order valence-electron chi connectivity index (χ1n) is 8.64. The molecule has 0 atom stereocenters. The molecule has 1 aliphatic heterocycles. The molecule has 2 heterocycles. The molecule has 2 aromatic rings. The minimum absolute atomic E-state index is 0.170.